The molecule has 1 amide bonds. The molecule has 0 bridgehead atoms. The number of rotatable bonds is 5. The summed E-state index contributed by atoms with van der Waals surface area (Å²) in [6.07, 6.45) is 6.83. The number of benzene rings is 3. The van der Waals surface area contributed by atoms with Gasteiger partial charge in [-0.25, -0.2) is 4.58 Å². The van der Waals surface area contributed by atoms with Gasteiger partial charge in [-0.1, -0.05) is 39.8 Å². The van der Waals surface area contributed by atoms with E-state index < -0.39 is 0 Å². The van der Waals surface area contributed by atoms with Crippen LogP contribution in [0.3, 0.4) is 0 Å². The highest BCUT2D eigenvalue weighted by Crippen LogP contribution is 2.49. The van der Waals surface area contributed by atoms with Gasteiger partial charge in [-0.2, -0.15) is 0 Å². The second-order valence-corrected chi connectivity index (χ2v) is 15.4. The van der Waals surface area contributed by atoms with E-state index in [1.165, 1.54) is 75.6 Å². The summed E-state index contributed by atoms with van der Waals surface area (Å²) in [7, 11) is 1.93. The maximum Gasteiger partial charge on any atom is 0.253 e. The molecule has 236 valence electrons. The zero-order valence-electron chi connectivity index (χ0n) is 28.9. The molecule has 3 aromatic rings. The Kier molecular flexibility index (Phi) is 7.30. The lowest BCUT2D eigenvalue weighted by Crippen LogP contribution is -2.50. The predicted octanol–water partition coefficient (Wildman–Crippen LogP) is 6.55. The van der Waals surface area contributed by atoms with Gasteiger partial charge in [-0.05, 0) is 121 Å². The summed E-state index contributed by atoms with van der Waals surface area (Å²) in [6.45, 7) is 20.7. The molecule has 0 spiro atoms. The number of hydrogen-bond acceptors (Lipinski definition) is 2. The van der Waals surface area contributed by atoms with Crippen molar-refractivity contribution >= 4 is 17.2 Å². The first-order valence-electron chi connectivity index (χ1n) is 17.6. The number of amides is 1. The number of hydrogen-bond donors (Lipinski definition) is 0. The fourth-order valence-corrected chi connectivity index (χ4v) is 9.68. The van der Waals surface area contributed by atoms with Gasteiger partial charge in [0.05, 0.1) is 0 Å². The first kappa shape index (κ1) is 30.3. The molecule has 1 aliphatic carbocycles. The summed E-state index contributed by atoms with van der Waals surface area (Å²) in [4.78, 5) is 18.1. The van der Waals surface area contributed by atoms with Crippen molar-refractivity contribution in [2.45, 2.75) is 104 Å². The molecule has 4 nitrogen and oxygen atoms in total. The number of anilines is 1. The monoisotopic (exact) mass is 602 g/mol. The average Bonchev–Trinajstić information content (AvgIpc) is 3.00. The summed E-state index contributed by atoms with van der Waals surface area (Å²) in [5.41, 5.74) is 13.5. The third-order valence-electron chi connectivity index (χ3n) is 11.5. The number of carbonyl (C=O) groups is 1. The van der Waals surface area contributed by atoms with Crippen LogP contribution in [0.4, 0.5) is 5.69 Å². The SMILES string of the molecule is CCCN(C)C(=O)c1cccc(C2=c3cc4c5c(c3C(C)(C)c3cc6c(cc32)C(C)CC(C)(C)N6CC)CCC[N+]=5CCC4)c1. The Morgan fingerprint density at radius 3 is 2.51 bits per heavy atom. The van der Waals surface area contributed by atoms with E-state index >= 15 is 0 Å². The smallest absolute Gasteiger partial charge is 0.253 e. The molecular formula is C41H52N3O+. The quantitative estimate of drug-likeness (QED) is 0.310. The second-order valence-electron chi connectivity index (χ2n) is 15.4. The van der Waals surface area contributed by atoms with E-state index in [4.69, 9.17) is 0 Å². The molecule has 0 saturated heterocycles. The average molecular weight is 603 g/mol. The van der Waals surface area contributed by atoms with Crippen molar-refractivity contribution in [3.8, 4) is 0 Å². The van der Waals surface area contributed by atoms with Crippen molar-refractivity contribution in [3.63, 3.8) is 0 Å². The first-order valence-corrected chi connectivity index (χ1v) is 17.6. The van der Waals surface area contributed by atoms with Crippen molar-refractivity contribution in [2.75, 3.05) is 38.1 Å². The normalized spacial score (nSPS) is 20.6. The molecule has 3 heterocycles. The van der Waals surface area contributed by atoms with Crippen LogP contribution in [0.25, 0.3) is 5.57 Å². The van der Waals surface area contributed by atoms with E-state index in [-0.39, 0.29) is 16.9 Å². The molecule has 1 atom stereocenters. The molecular weight excluding hydrogens is 550 g/mol. The summed E-state index contributed by atoms with van der Waals surface area (Å²) in [6, 6.07) is 16.2. The molecule has 7 rings (SSSR count). The minimum Gasteiger partial charge on any atom is -0.366 e. The van der Waals surface area contributed by atoms with Gasteiger partial charge in [0.2, 0.25) is 5.36 Å². The van der Waals surface area contributed by atoms with E-state index in [0.717, 1.165) is 49.9 Å². The van der Waals surface area contributed by atoms with Crippen molar-refractivity contribution in [2.24, 2.45) is 0 Å². The molecule has 3 aromatic carbocycles. The number of aryl methyl sites for hydroxylation is 1. The lowest BCUT2D eigenvalue weighted by atomic mass is 9.65. The lowest BCUT2D eigenvalue weighted by Gasteiger charge is -2.48. The van der Waals surface area contributed by atoms with Gasteiger partial charge in [0.25, 0.3) is 5.91 Å². The van der Waals surface area contributed by atoms with Crippen LogP contribution in [-0.4, -0.2) is 49.6 Å². The van der Waals surface area contributed by atoms with E-state index in [1.807, 2.05) is 18.0 Å². The maximum absolute atomic E-state index is 13.6. The molecule has 3 aliphatic heterocycles. The van der Waals surface area contributed by atoms with Gasteiger partial charge in [0.15, 0.2) is 0 Å². The van der Waals surface area contributed by atoms with Crippen LogP contribution in [0, 0.1) is 0 Å². The summed E-state index contributed by atoms with van der Waals surface area (Å²) < 4.78 is 2.68. The molecule has 0 saturated carbocycles. The third kappa shape index (κ3) is 4.61. The fourth-order valence-electron chi connectivity index (χ4n) is 9.68. The van der Waals surface area contributed by atoms with Crippen molar-refractivity contribution in [1.82, 2.24) is 9.48 Å². The highest BCUT2D eigenvalue weighted by molar-refractivity contribution is 5.96. The van der Waals surface area contributed by atoms with Crippen LogP contribution >= 0.6 is 0 Å². The molecule has 0 radical (unpaired) electrons. The van der Waals surface area contributed by atoms with Crippen molar-refractivity contribution < 1.29 is 4.79 Å². The summed E-state index contributed by atoms with van der Waals surface area (Å²) in [5, 5.41) is 2.93. The molecule has 4 aliphatic rings. The Hall–Kier alpha value is -3.40. The van der Waals surface area contributed by atoms with E-state index in [9.17, 15) is 4.79 Å². The van der Waals surface area contributed by atoms with Gasteiger partial charge >= 0.3 is 0 Å². The van der Waals surface area contributed by atoms with Gasteiger partial charge < -0.3 is 9.80 Å². The third-order valence-corrected chi connectivity index (χ3v) is 11.5. The Morgan fingerprint density at radius 1 is 1.02 bits per heavy atom. The molecule has 0 aromatic heterocycles. The van der Waals surface area contributed by atoms with Gasteiger partial charge in [0, 0.05) is 66.3 Å². The van der Waals surface area contributed by atoms with Crippen LogP contribution in [0.15, 0.2) is 42.5 Å². The van der Waals surface area contributed by atoms with E-state index in [2.05, 4.69) is 94.3 Å². The van der Waals surface area contributed by atoms with Crippen molar-refractivity contribution in [1.29, 1.82) is 0 Å². The largest absolute Gasteiger partial charge is 0.366 e. The predicted molar refractivity (Wildman–Crippen MR) is 187 cm³/mol. The van der Waals surface area contributed by atoms with Crippen LogP contribution in [-0.2, 0) is 18.3 Å². The van der Waals surface area contributed by atoms with E-state index in [0.29, 0.717) is 5.92 Å². The van der Waals surface area contributed by atoms with Crippen LogP contribution in [0.2, 0.25) is 0 Å². The zero-order valence-corrected chi connectivity index (χ0v) is 28.9. The Balaban J connectivity index is 1.59. The molecule has 45 heavy (non-hydrogen) atoms. The van der Waals surface area contributed by atoms with Gasteiger partial charge in [-0.3, -0.25) is 4.79 Å². The molecule has 1 unspecified atom stereocenters. The molecule has 0 fully saturated rings. The number of fused-ring (bicyclic) bond motifs is 4. The Bertz CT molecular complexity index is 1840. The second kappa shape index (κ2) is 10.9. The lowest BCUT2D eigenvalue weighted by molar-refractivity contribution is 0.0795. The maximum atomic E-state index is 13.6. The summed E-state index contributed by atoms with van der Waals surface area (Å²) in [5.74, 6) is 0.578. The van der Waals surface area contributed by atoms with Gasteiger partial charge in [-0.15, -0.1) is 0 Å². The van der Waals surface area contributed by atoms with Gasteiger partial charge in [0.1, 0.15) is 13.1 Å². The highest BCUT2D eigenvalue weighted by atomic mass is 16.2. The molecule has 4 heteroatoms. The highest BCUT2D eigenvalue weighted by Gasteiger charge is 2.42. The van der Waals surface area contributed by atoms with Crippen LogP contribution < -0.4 is 20.1 Å². The number of carbonyl (C=O) groups excluding carboxylic acids is 1. The summed E-state index contributed by atoms with van der Waals surface area (Å²) >= 11 is 0. The Labute approximate surface area is 270 Å². The minimum atomic E-state index is -0.146. The topological polar surface area (TPSA) is 26.6 Å². The van der Waals surface area contributed by atoms with Crippen LogP contribution in [0.5, 0.6) is 0 Å². The standard InChI is InChI=1S/C41H52N3O/c1-9-18-42(8)39(45)29-15-11-14-27(21-29)36-32-23-31-26(3)25-40(4,5)44(10-2)35(31)24-34(32)41(6,7)37-30-17-13-20-43-19-12-16-28(38(30)43)22-33(36)37/h11,14-15,21-24,26H,9-10,12-13,16-20,25H2,1-8H3/q+1. The number of nitrogens with zero attached hydrogens (tertiary/aromatic N) is 3. The minimum absolute atomic E-state index is 0.104. The molecule has 0 N–H and O–H groups in total. The fraction of sp³-hybridized carbons (Fsp3) is 0.512. The van der Waals surface area contributed by atoms with E-state index in [1.54, 1.807) is 5.56 Å². The zero-order chi connectivity index (χ0) is 31.8. The first-order chi connectivity index (χ1) is 21.5. The van der Waals surface area contributed by atoms with Crippen molar-refractivity contribution in [3.05, 3.63) is 97.5 Å². The Morgan fingerprint density at radius 2 is 1.78 bits per heavy atom. The van der Waals surface area contributed by atoms with Crippen LogP contribution in [0.1, 0.15) is 129 Å².